The predicted octanol–water partition coefficient (Wildman–Crippen LogP) is 4.68. The van der Waals surface area contributed by atoms with Crippen molar-refractivity contribution in [1.29, 1.82) is 0 Å². The Balaban J connectivity index is 1.67. The molecule has 0 unspecified atom stereocenters. The Kier molecular flexibility index (Phi) is 5.32. The lowest BCUT2D eigenvalue weighted by molar-refractivity contribution is 0.0950. The predicted molar refractivity (Wildman–Crippen MR) is 106 cm³/mol. The van der Waals surface area contributed by atoms with Gasteiger partial charge in [-0.05, 0) is 55.7 Å². The molecule has 0 aliphatic rings. The number of amides is 1. The summed E-state index contributed by atoms with van der Waals surface area (Å²) in [6, 6.07) is 16.2. The van der Waals surface area contributed by atoms with Crippen molar-refractivity contribution in [2.75, 3.05) is 5.32 Å². The molecule has 132 valence electrons. The first kappa shape index (κ1) is 17.7. The van der Waals surface area contributed by atoms with E-state index in [9.17, 15) is 4.79 Å². The van der Waals surface area contributed by atoms with E-state index in [4.69, 9.17) is 0 Å². The molecule has 4 nitrogen and oxygen atoms in total. The van der Waals surface area contributed by atoms with Gasteiger partial charge < -0.3 is 10.6 Å². The highest BCUT2D eigenvalue weighted by atomic mass is 16.1. The largest absolute Gasteiger partial charge is 0.354 e. The standard InChI is InChI=1S/C22H23N3O/c1-15-4-6-18(7-5-15)12-24-22(26)19-11-21(14-23-13-19)25-20-9-16(2)8-17(3)10-20/h4-11,13-14,25H,12H2,1-3H3,(H,24,26). The van der Waals surface area contributed by atoms with Gasteiger partial charge in [0.15, 0.2) is 0 Å². The van der Waals surface area contributed by atoms with E-state index in [1.807, 2.05) is 37.3 Å². The van der Waals surface area contributed by atoms with E-state index >= 15 is 0 Å². The molecule has 1 amide bonds. The summed E-state index contributed by atoms with van der Waals surface area (Å²) in [6.45, 7) is 6.66. The molecule has 0 spiro atoms. The molecule has 3 aromatic rings. The average molecular weight is 345 g/mol. The highest BCUT2D eigenvalue weighted by Gasteiger charge is 2.07. The molecule has 0 fully saturated rings. The Hall–Kier alpha value is -3.14. The van der Waals surface area contributed by atoms with Crippen LogP contribution in [0.25, 0.3) is 0 Å². The smallest absolute Gasteiger partial charge is 0.253 e. The van der Waals surface area contributed by atoms with E-state index in [0.29, 0.717) is 12.1 Å². The summed E-state index contributed by atoms with van der Waals surface area (Å²) in [6.07, 6.45) is 3.30. The first-order valence-corrected chi connectivity index (χ1v) is 8.64. The number of pyridine rings is 1. The number of aryl methyl sites for hydroxylation is 3. The molecule has 2 aromatic carbocycles. The van der Waals surface area contributed by atoms with Crippen molar-refractivity contribution < 1.29 is 4.79 Å². The Morgan fingerprint density at radius 2 is 1.54 bits per heavy atom. The first-order chi connectivity index (χ1) is 12.5. The normalized spacial score (nSPS) is 10.4. The van der Waals surface area contributed by atoms with Crippen molar-refractivity contribution in [3.63, 3.8) is 0 Å². The third-order valence-corrected chi connectivity index (χ3v) is 4.08. The van der Waals surface area contributed by atoms with Crippen LogP contribution in [-0.4, -0.2) is 10.9 Å². The van der Waals surface area contributed by atoms with Gasteiger partial charge >= 0.3 is 0 Å². The maximum Gasteiger partial charge on any atom is 0.253 e. The zero-order valence-corrected chi connectivity index (χ0v) is 15.3. The Morgan fingerprint density at radius 1 is 0.846 bits per heavy atom. The molecule has 0 radical (unpaired) electrons. The van der Waals surface area contributed by atoms with Crippen LogP contribution < -0.4 is 10.6 Å². The molecular formula is C22H23N3O. The van der Waals surface area contributed by atoms with Gasteiger partial charge in [-0.15, -0.1) is 0 Å². The minimum absolute atomic E-state index is 0.137. The average Bonchev–Trinajstić information content (AvgIpc) is 2.60. The van der Waals surface area contributed by atoms with Crippen LogP contribution in [0.5, 0.6) is 0 Å². The molecule has 4 heteroatoms. The third-order valence-electron chi connectivity index (χ3n) is 4.08. The second-order valence-corrected chi connectivity index (χ2v) is 6.63. The van der Waals surface area contributed by atoms with Crippen LogP contribution in [0.1, 0.15) is 32.6 Å². The van der Waals surface area contributed by atoms with Crippen LogP contribution >= 0.6 is 0 Å². The van der Waals surface area contributed by atoms with Crippen LogP contribution in [0, 0.1) is 20.8 Å². The Labute approximate surface area is 154 Å². The fraction of sp³-hybridized carbons (Fsp3) is 0.182. The van der Waals surface area contributed by atoms with E-state index in [2.05, 4.69) is 47.7 Å². The van der Waals surface area contributed by atoms with Gasteiger partial charge in [-0.3, -0.25) is 9.78 Å². The number of benzene rings is 2. The van der Waals surface area contributed by atoms with Crippen molar-refractivity contribution >= 4 is 17.3 Å². The molecule has 0 aliphatic carbocycles. The molecule has 0 bridgehead atoms. The number of nitrogens with one attached hydrogen (secondary N) is 2. The van der Waals surface area contributed by atoms with Crippen LogP contribution in [0.2, 0.25) is 0 Å². The van der Waals surface area contributed by atoms with Crippen molar-refractivity contribution in [2.24, 2.45) is 0 Å². The van der Waals surface area contributed by atoms with E-state index in [0.717, 1.165) is 16.9 Å². The number of anilines is 2. The summed E-state index contributed by atoms with van der Waals surface area (Å²) in [5, 5.41) is 6.26. The summed E-state index contributed by atoms with van der Waals surface area (Å²) in [5.74, 6) is -0.137. The van der Waals surface area contributed by atoms with Gasteiger partial charge in [-0.2, -0.15) is 0 Å². The monoisotopic (exact) mass is 345 g/mol. The number of rotatable bonds is 5. The lowest BCUT2D eigenvalue weighted by atomic mass is 10.1. The molecule has 0 atom stereocenters. The van der Waals surface area contributed by atoms with Gasteiger partial charge in [0, 0.05) is 18.4 Å². The van der Waals surface area contributed by atoms with Crippen LogP contribution in [0.15, 0.2) is 60.9 Å². The second-order valence-electron chi connectivity index (χ2n) is 6.63. The lowest BCUT2D eigenvalue weighted by Gasteiger charge is -2.10. The molecule has 0 aliphatic heterocycles. The maximum absolute atomic E-state index is 12.4. The van der Waals surface area contributed by atoms with Gasteiger partial charge in [-0.1, -0.05) is 35.9 Å². The molecule has 1 aromatic heterocycles. The number of carbonyl (C=O) groups is 1. The zero-order chi connectivity index (χ0) is 18.5. The van der Waals surface area contributed by atoms with Crippen molar-refractivity contribution in [2.45, 2.75) is 27.3 Å². The number of nitrogens with zero attached hydrogens (tertiary/aromatic N) is 1. The van der Waals surface area contributed by atoms with Gasteiger partial charge in [0.1, 0.15) is 0 Å². The fourth-order valence-corrected chi connectivity index (χ4v) is 2.84. The quantitative estimate of drug-likeness (QED) is 0.706. The minimum Gasteiger partial charge on any atom is -0.354 e. The van der Waals surface area contributed by atoms with Gasteiger partial charge in [-0.25, -0.2) is 0 Å². The summed E-state index contributed by atoms with van der Waals surface area (Å²) < 4.78 is 0. The van der Waals surface area contributed by atoms with Crippen molar-refractivity contribution in [3.05, 3.63) is 88.7 Å². The molecule has 2 N–H and O–H groups in total. The summed E-state index contributed by atoms with van der Waals surface area (Å²) in [5.41, 5.74) is 6.96. The van der Waals surface area contributed by atoms with E-state index in [1.165, 1.54) is 16.7 Å². The fourth-order valence-electron chi connectivity index (χ4n) is 2.84. The van der Waals surface area contributed by atoms with Crippen LogP contribution in [0.3, 0.4) is 0 Å². The molecule has 0 saturated carbocycles. The summed E-state index contributed by atoms with van der Waals surface area (Å²) in [4.78, 5) is 16.6. The minimum atomic E-state index is -0.137. The van der Waals surface area contributed by atoms with E-state index < -0.39 is 0 Å². The molecular weight excluding hydrogens is 322 g/mol. The molecule has 26 heavy (non-hydrogen) atoms. The Bertz CT molecular complexity index is 897. The van der Waals surface area contributed by atoms with E-state index in [1.54, 1.807) is 12.4 Å². The number of carbonyl (C=O) groups excluding carboxylic acids is 1. The molecule has 3 rings (SSSR count). The lowest BCUT2D eigenvalue weighted by Crippen LogP contribution is -2.23. The number of aromatic nitrogens is 1. The first-order valence-electron chi connectivity index (χ1n) is 8.64. The topological polar surface area (TPSA) is 54.0 Å². The highest BCUT2D eigenvalue weighted by molar-refractivity contribution is 5.94. The van der Waals surface area contributed by atoms with E-state index in [-0.39, 0.29) is 5.91 Å². The highest BCUT2D eigenvalue weighted by Crippen LogP contribution is 2.19. The third kappa shape index (κ3) is 4.70. The summed E-state index contributed by atoms with van der Waals surface area (Å²) in [7, 11) is 0. The number of hydrogen-bond donors (Lipinski definition) is 2. The van der Waals surface area contributed by atoms with Crippen molar-refractivity contribution in [1.82, 2.24) is 10.3 Å². The second kappa shape index (κ2) is 7.83. The molecule has 1 heterocycles. The van der Waals surface area contributed by atoms with Gasteiger partial charge in [0.05, 0.1) is 17.4 Å². The maximum atomic E-state index is 12.4. The van der Waals surface area contributed by atoms with Crippen LogP contribution in [0.4, 0.5) is 11.4 Å². The van der Waals surface area contributed by atoms with Crippen molar-refractivity contribution in [3.8, 4) is 0 Å². The zero-order valence-electron chi connectivity index (χ0n) is 15.3. The Morgan fingerprint density at radius 3 is 2.23 bits per heavy atom. The van der Waals surface area contributed by atoms with Gasteiger partial charge in [0.2, 0.25) is 0 Å². The number of hydrogen-bond acceptors (Lipinski definition) is 3. The van der Waals surface area contributed by atoms with Gasteiger partial charge in [0.25, 0.3) is 5.91 Å². The van der Waals surface area contributed by atoms with Crippen LogP contribution in [-0.2, 0) is 6.54 Å². The summed E-state index contributed by atoms with van der Waals surface area (Å²) >= 11 is 0. The SMILES string of the molecule is Cc1ccc(CNC(=O)c2cncc(Nc3cc(C)cc(C)c3)c2)cc1. The molecule has 0 saturated heterocycles.